The van der Waals surface area contributed by atoms with Gasteiger partial charge in [-0.05, 0) is 45.6 Å². The van der Waals surface area contributed by atoms with Crippen LogP contribution in [0.25, 0.3) is 0 Å². The molecule has 1 aromatic rings. The molecule has 3 aliphatic rings. The van der Waals surface area contributed by atoms with Gasteiger partial charge in [-0.1, -0.05) is 19.3 Å². The molecule has 1 unspecified atom stereocenters. The van der Waals surface area contributed by atoms with Gasteiger partial charge >= 0.3 is 0 Å². The van der Waals surface area contributed by atoms with E-state index in [2.05, 4.69) is 25.1 Å². The standard InChI is InChI=1S/C21H33N5O/c1-2-22-20-23-13-17(14-24-20)15-25-12-10-21(16-25)9-6-11-26(19(21)27)18-7-4-3-5-8-18/h13-14,18H,2-12,15-16H2,1H3,(H,22,23,24). The zero-order valence-corrected chi connectivity index (χ0v) is 16.6. The average Bonchev–Trinajstić information content (AvgIpc) is 3.10. The van der Waals surface area contributed by atoms with E-state index in [0.717, 1.165) is 57.5 Å². The molecule has 4 rings (SSSR count). The van der Waals surface area contributed by atoms with E-state index in [0.29, 0.717) is 17.9 Å². The Balaban J connectivity index is 1.39. The van der Waals surface area contributed by atoms with Crippen molar-refractivity contribution in [1.82, 2.24) is 19.8 Å². The van der Waals surface area contributed by atoms with Crippen molar-refractivity contribution in [3.8, 4) is 0 Å². The topological polar surface area (TPSA) is 61.4 Å². The Morgan fingerprint density at radius 3 is 2.63 bits per heavy atom. The van der Waals surface area contributed by atoms with Crippen molar-refractivity contribution in [2.24, 2.45) is 5.41 Å². The number of rotatable bonds is 5. The summed E-state index contributed by atoms with van der Waals surface area (Å²) in [5.41, 5.74) is 0.987. The third-order valence-corrected chi connectivity index (χ3v) is 6.66. The fourth-order valence-electron chi connectivity index (χ4n) is 5.26. The SMILES string of the molecule is CCNc1ncc(CN2CCC3(CCCN(C4CCCCC4)C3=O)C2)cn1. The Kier molecular flexibility index (Phi) is 5.62. The minimum Gasteiger partial charge on any atom is -0.355 e. The summed E-state index contributed by atoms with van der Waals surface area (Å²) in [5.74, 6) is 1.13. The molecule has 2 saturated heterocycles. The molecule has 1 saturated carbocycles. The highest BCUT2D eigenvalue weighted by molar-refractivity contribution is 5.84. The largest absolute Gasteiger partial charge is 0.355 e. The Hall–Kier alpha value is -1.69. The van der Waals surface area contributed by atoms with Crippen LogP contribution < -0.4 is 5.32 Å². The monoisotopic (exact) mass is 371 g/mol. The summed E-state index contributed by atoms with van der Waals surface area (Å²) in [4.78, 5) is 26.9. The lowest BCUT2D eigenvalue weighted by Gasteiger charge is -2.44. The maximum Gasteiger partial charge on any atom is 0.230 e. The van der Waals surface area contributed by atoms with Gasteiger partial charge in [0.25, 0.3) is 0 Å². The molecule has 0 bridgehead atoms. The lowest BCUT2D eigenvalue weighted by atomic mass is 9.77. The highest BCUT2D eigenvalue weighted by Gasteiger charge is 2.49. The molecule has 3 fully saturated rings. The smallest absolute Gasteiger partial charge is 0.230 e. The molecule has 0 aromatic carbocycles. The molecule has 6 heteroatoms. The number of amides is 1. The van der Waals surface area contributed by atoms with Gasteiger partial charge in [-0.3, -0.25) is 9.69 Å². The molecule has 1 amide bonds. The fourth-order valence-corrected chi connectivity index (χ4v) is 5.26. The van der Waals surface area contributed by atoms with Gasteiger partial charge in [0, 0.05) is 50.2 Å². The van der Waals surface area contributed by atoms with Crippen LogP contribution in [0.1, 0.15) is 63.9 Å². The maximum atomic E-state index is 13.4. The van der Waals surface area contributed by atoms with Crippen LogP contribution in [0, 0.1) is 5.41 Å². The normalized spacial score (nSPS) is 27.4. The number of aromatic nitrogens is 2. The van der Waals surface area contributed by atoms with Crippen molar-refractivity contribution < 1.29 is 4.79 Å². The van der Waals surface area contributed by atoms with E-state index in [1.54, 1.807) is 0 Å². The number of nitrogens with one attached hydrogen (secondary N) is 1. The first-order valence-corrected chi connectivity index (χ1v) is 10.8. The highest BCUT2D eigenvalue weighted by atomic mass is 16.2. The molecule has 3 heterocycles. The lowest BCUT2D eigenvalue weighted by Crippen LogP contribution is -2.54. The van der Waals surface area contributed by atoms with Crippen molar-refractivity contribution in [2.45, 2.75) is 70.9 Å². The van der Waals surface area contributed by atoms with Crippen molar-refractivity contribution in [3.05, 3.63) is 18.0 Å². The van der Waals surface area contributed by atoms with Crippen LogP contribution >= 0.6 is 0 Å². The molecule has 1 atom stereocenters. The lowest BCUT2D eigenvalue weighted by molar-refractivity contribution is -0.149. The van der Waals surface area contributed by atoms with Crippen LogP contribution in [0.5, 0.6) is 0 Å². The number of hydrogen-bond donors (Lipinski definition) is 1. The Bertz CT molecular complexity index is 642. The number of hydrogen-bond acceptors (Lipinski definition) is 5. The van der Waals surface area contributed by atoms with E-state index in [1.807, 2.05) is 19.3 Å². The number of likely N-dealkylation sites (tertiary alicyclic amines) is 2. The van der Waals surface area contributed by atoms with Gasteiger partial charge in [-0.15, -0.1) is 0 Å². The van der Waals surface area contributed by atoms with E-state index in [4.69, 9.17) is 0 Å². The molecule has 27 heavy (non-hydrogen) atoms. The molecule has 1 N–H and O–H groups in total. The number of anilines is 1. The van der Waals surface area contributed by atoms with Gasteiger partial charge in [-0.25, -0.2) is 9.97 Å². The fraction of sp³-hybridized carbons (Fsp3) is 0.762. The second-order valence-corrected chi connectivity index (χ2v) is 8.58. The van der Waals surface area contributed by atoms with Crippen LogP contribution in [0.2, 0.25) is 0 Å². The summed E-state index contributed by atoms with van der Waals surface area (Å²) in [6.07, 6.45) is 13.4. The van der Waals surface area contributed by atoms with Crippen LogP contribution in [-0.2, 0) is 11.3 Å². The number of carbonyl (C=O) groups excluding carboxylic acids is 1. The van der Waals surface area contributed by atoms with Gasteiger partial charge < -0.3 is 10.2 Å². The molecule has 6 nitrogen and oxygen atoms in total. The summed E-state index contributed by atoms with van der Waals surface area (Å²) in [7, 11) is 0. The number of piperidine rings is 1. The van der Waals surface area contributed by atoms with Crippen molar-refractivity contribution in [1.29, 1.82) is 0 Å². The van der Waals surface area contributed by atoms with Crippen molar-refractivity contribution >= 4 is 11.9 Å². The number of nitrogens with zero attached hydrogens (tertiary/aromatic N) is 4. The van der Waals surface area contributed by atoms with Crippen LogP contribution in [-0.4, -0.2) is 57.9 Å². The van der Waals surface area contributed by atoms with Gasteiger partial charge in [0.05, 0.1) is 5.41 Å². The average molecular weight is 372 g/mol. The summed E-state index contributed by atoms with van der Waals surface area (Å²) >= 11 is 0. The maximum absolute atomic E-state index is 13.4. The van der Waals surface area contributed by atoms with Gasteiger partial charge in [0.15, 0.2) is 0 Å². The Morgan fingerprint density at radius 2 is 1.89 bits per heavy atom. The van der Waals surface area contributed by atoms with E-state index in [9.17, 15) is 4.79 Å². The zero-order chi connectivity index (χ0) is 18.7. The molecule has 1 aromatic heterocycles. The molecular weight excluding hydrogens is 338 g/mol. The Morgan fingerprint density at radius 1 is 1.11 bits per heavy atom. The van der Waals surface area contributed by atoms with Gasteiger partial charge in [0.2, 0.25) is 11.9 Å². The molecule has 0 radical (unpaired) electrons. The van der Waals surface area contributed by atoms with E-state index in [1.165, 1.54) is 32.1 Å². The zero-order valence-electron chi connectivity index (χ0n) is 16.6. The van der Waals surface area contributed by atoms with E-state index in [-0.39, 0.29) is 5.41 Å². The first-order valence-electron chi connectivity index (χ1n) is 10.8. The van der Waals surface area contributed by atoms with Crippen LogP contribution in [0.15, 0.2) is 12.4 Å². The van der Waals surface area contributed by atoms with Crippen LogP contribution in [0.4, 0.5) is 5.95 Å². The van der Waals surface area contributed by atoms with Gasteiger partial charge in [-0.2, -0.15) is 0 Å². The third-order valence-electron chi connectivity index (χ3n) is 6.66. The summed E-state index contributed by atoms with van der Waals surface area (Å²) in [6, 6.07) is 0.504. The summed E-state index contributed by atoms with van der Waals surface area (Å²) < 4.78 is 0. The minimum atomic E-state index is -0.139. The van der Waals surface area contributed by atoms with Gasteiger partial charge in [0.1, 0.15) is 0 Å². The first-order chi connectivity index (χ1) is 13.2. The second-order valence-electron chi connectivity index (χ2n) is 8.58. The summed E-state index contributed by atoms with van der Waals surface area (Å²) in [5, 5.41) is 3.13. The molecule has 1 spiro atoms. The third kappa shape index (κ3) is 3.96. The Labute approximate surface area is 162 Å². The number of carbonyl (C=O) groups is 1. The molecule has 148 valence electrons. The highest BCUT2D eigenvalue weighted by Crippen LogP contribution is 2.42. The first kappa shape index (κ1) is 18.7. The van der Waals surface area contributed by atoms with Crippen LogP contribution in [0.3, 0.4) is 0 Å². The predicted octanol–water partition coefficient (Wildman–Crippen LogP) is 3.06. The molecule has 2 aliphatic heterocycles. The second kappa shape index (κ2) is 8.13. The van der Waals surface area contributed by atoms with Crippen molar-refractivity contribution in [2.75, 3.05) is 31.5 Å². The predicted molar refractivity (Wildman–Crippen MR) is 106 cm³/mol. The molecular formula is C21H33N5O. The van der Waals surface area contributed by atoms with E-state index < -0.39 is 0 Å². The summed E-state index contributed by atoms with van der Waals surface area (Å²) in [6.45, 7) is 6.57. The quantitative estimate of drug-likeness (QED) is 0.862. The molecule has 1 aliphatic carbocycles. The minimum absolute atomic E-state index is 0.139. The van der Waals surface area contributed by atoms with E-state index >= 15 is 0 Å². The van der Waals surface area contributed by atoms with Crippen molar-refractivity contribution in [3.63, 3.8) is 0 Å².